The van der Waals surface area contributed by atoms with Gasteiger partial charge in [-0.05, 0) is 55.8 Å². The molecule has 0 bridgehead atoms. The van der Waals surface area contributed by atoms with Crippen LogP contribution in [0.1, 0.15) is 41.4 Å². The summed E-state index contributed by atoms with van der Waals surface area (Å²) in [7, 11) is 1.67. The van der Waals surface area contributed by atoms with Crippen molar-refractivity contribution in [3.05, 3.63) is 78.4 Å². The lowest BCUT2D eigenvalue weighted by molar-refractivity contribution is 0.0917. The number of amides is 1. The Labute approximate surface area is 177 Å². The molecule has 1 atom stereocenters. The Morgan fingerprint density at radius 2 is 1.80 bits per heavy atom. The molecular weight excluding hydrogens is 376 g/mol. The van der Waals surface area contributed by atoms with Gasteiger partial charge in [0.15, 0.2) is 0 Å². The van der Waals surface area contributed by atoms with Crippen LogP contribution in [-0.4, -0.2) is 47.1 Å². The van der Waals surface area contributed by atoms with Gasteiger partial charge in [0, 0.05) is 12.2 Å². The summed E-state index contributed by atoms with van der Waals surface area (Å²) in [5.74, 6) is 0.721. The second kappa shape index (κ2) is 9.59. The molecule has 0 aliphatic carbocycles. The molecule has 4 rings (SSSR count). The first-order valence-electron chi connectivity index (χ1n) is 10.5. The van der Waals surface area contributed by atoms with Crippen LogP contribution in [0.5, 0.6) is 5.75 Å². The third-order valence-electron chi connectivity index (χ3n) is 5.69. The van der Waals surface area contributed by atoms with Crippen LogP contribution in [0.2, 0.25) is 0 Å². The van der Waals surface area contributed by atoms with E-state index in [1.54, 1.807) is 19.6 Å². The van der Waals surface area contributed by atoms with Crippen LogP contribution in [0, 0.1) is 0 Å². The van der Waals surface area contributed by atoms with Gasteiger partial charge in [-0.1, -0.05) is 36.8 Å². The third kappa shape index (κ3) is 4.54. The van der Waals surface area contributed by atoms with Crippen LogP contribution in [0.3, 0.4) is 0 Å². The molecule has 1 amide bonds. The number of carbonyl (C=O) groups is 1. The highest BCUT2D eigenvalue weighted by Crippen LogP contribution is 2.26. The molecule has 6 heteroatoms. The minimum atomic E-state index is -0.119. The number of rotatable bonds is 7. The molecule has 0 spiro atoms. The van der Waals surface area contributed by atoms with Crippen molar-refractivity contribution in [2.45, 2.75) is 25.3 Å². The zero-order valence-corrected chi connectivity index (χ0v) is 17.3. The smallest absolute Gasteiger partial charge is 0.269 e. The molecule has 6 nitrogen and oxygen atoms in total. The molecule has 0 radical (unpaired) electrons. The number of methoxy groups -OCH3 is 1. The van der Waals surface area contributed by atoms with E-state index >= 15 is 0 Å². The number of hydrogen-bond acceptors (Lipinski definition) is 4. The van der Waals surface area contributed by atoms with Crippen LogP contribution in [-0.2, 0) is 0 Å². The van der Waals surface area contributed by atoms with Gasteiger partial charge in [0.25, 0.3) is 5.91 Å². The number of imidazole rings is 1. The summed E-state index contributed by atoms with van der Waals surface area (Å²) in [5.41, 5.74) is 2.64. The molecule has 0 saturated carbocycles. The Balaban J connectivity index is 1.51. The number of piperidine rings is 1. The second-order valence-electron chi connectivity index (χ2n) is 7.58. The van der Waals surface area contributed by atoms with Crippen LogP contribution in [0.4, 0.5) is 0 Å². The van der Waals surface area contributed by atoms with Gasteiger partial charge in [-0.3, -0.25) is 14.3 Å². The molecular formula is C24H28N4O2. The molecule has 1 aromatic heterocycles. The van der Waals surface area contributed by atoms with Crippen molar-refractivity contribution in [2.24, 2.45) is 0 Å². The first-order valence-corrected chi connectivity index (χ1v) is 10.5. The lowest BCUT2D eigenvalue weighted by Crippen LogP contribution is -2.41. The number of nitrogens with zero attached hydrogens (tertiary/aromatic N) is 3. The Hall–Kier alpha value is -3.12. The van der Waals surface area contributed by atoms with E-state index in [0.717, 1.165) is 24.5 Å². The highest BCUT2D eigenvalue weighted by Gasteiger charge is 2.24. The number of benzene rings is 2. The van der Waals surface area contributed by atoms with Crippen molar-refractivity contribution in [3.63, 3.8) is 0 Å². The van der Waals surface area contributed by atoms with Gasteiger partial charge in [-0.15, -0.1) is 0 Å². The number of aromatic nitrogens is 2. The van der Waals surface area contributed by atoms with E-state index in [9.17, 15) is 4.79 Å². The average molecular weight is 405 g/mol. The topological polar surface area (TPSA) is 59.4 Å². The number of hydrogen-bond donors (Lipinski definition) is 1. The molecule has 1 saturated heterocycles. The number of carbonyl (C=O) groups excluding carboxylic acids is 1. The quantitative estimate of drug-likeness (QED) is 0.650. The van der Waals surface area contributed by atoms with Crippen LogP contribution in [0.15, 0.2) is 67.1 Å². The van der Waals surface area contributed by atoms with Crippen LogP contribution >= 0.6 is 0 Å². The predicted octanol–water partition coefficient (Wildman–Crippen LogP) is 3.84. The molecule has 2 aromatic carbocycles. The summed E-state index contributed by atoms with van der Waals surface area (Å²) < 4.78 is 7.12. The summed E-state index contributed by atoms with van der Waals surface area (Å²) in [4.78, 5) is 19.7. The summed E-state index contributed by atoms with van der Waals surface area (Å²) in [5, 5.41) is 3.15. The number of likely N-dealkylation sites (tertiary alicyclic amines) is 1. The number of nitrogens with one attached hydrogen (secondary N) is 1. The number of para-hydroxylation sites is 1. The van der Waals surface area contributed by atoms with Gasteiger partial charge >= 0.3 is 0 Å². The molecule has 156 valence electrons. The van der Waals surface area contributed by atoms with E-state index in [4.69, 9.17) is 4.74 Å². The van der Waals surface area contributed by atoms with Gasteiger partial charge < -0.3 is 10.1 Å². The zero-order valence-electron chi connectivity index (χ0n) is 17.3. The summed E-state index contributed by atoms with van der Waals surface area (Å²) in [6.45, 7) is 2.65. The monoisotopic (exact) mass is 404 g/mol. The first-order chi connectivity index (χ1) is 14.8. The Kier molecular flexibility index (Phi) is 6.44. The minimum absolute atomic E-state index is 0.119. The SMILES string of the molecule is COc1ccc(C(CNC(=O)c2cncn2-c2ccccc2)N2CCCCC2)cc1. The van der Waals surface area contributed by atoms with E-state index in [1.165, 1.54) is 24.8 Å². The average Bonchev–Trinajstić information content (AvgIpc) is 3.31. The predicted molar refractivity (Wildman–Crippen MR) is 117 cm³/mol. The maximum absolute atomic E-state index is 13.0. The summed E-state index contributed by atoms with van der Waals surface area (Å²) in [6.07, 6.45) is 6.96. The second-order valence-corrected chi connectivity index (χ2v) is 7.58. The van der Waals surface area contributed by atoms with E-state index in [0.29, 0.717) is 12.2 Å². The normalized spacial score (nSPS) is 15.5. The van der Waals surface area contributed by atoms with Crippen molar-refractivity contribution >= 4 is 5.91 Å². The van der Waals surface area contributed by atoms with Crippen molar-refractivity contribution in [1.29, 1.82) is 0 Å². The molecule has 30 heavy (non-hydrogen) atoms. The van der Waals surface area contributed by atoms with E-state index < -0.39 is 0 Å². The fourth-order valence-corrected chi connectivity index (χ4v) is 4.05. The maximum Gasteiger partial charge on any atom is 0.269 e. The first kappa shape index (κ1) is 20.2. The van der Waals surface area contributed by atoms with Gasteiger partial charge in [0.2, 0.25) is 0 Å². The molecule has 1 aliphatic rings. The minimum Gasteiger partial charge on any atom is -0.497 e. The maximum atomic E-state index is 13.0. The third-order valence-corrected chi connectivity index (χ3v) is 5.69. The van der Waals surface area contributed by atoms with Crippen molar-refractivity contribution < 1.29 is 9.53 Å². The van der Waals surface area contributed by atoms with Gasteiger partial charge in [-0.25, -0.2) is 4.98 Å². The van der Waals surface area contributed by atoms with E-state index in [-0.39, 0.29) is 11.9 Å². The van der Waals surface area contributed by atoms with Crippen molar-refractivity contribution in [1.82, 2.24) is 19.8 Å². The molecule has 2 heterocycles. The standard InChI is InChI=1S/C24H28N4O2/c1-30-21-12-10-19(11-13-21)22(27-14-6-3-7-15-27)17-26-24(29)23-16-25-18-28(23)20-8-4-2-5-9-20/h2,4-5,8-13,16,18,22H,3,6-7,14-15,17H2,1H3,(H,26,29). The van der Waals surface area contributed by atoms with E-state index in [1.807, 2.05) is 47.0 Å². The van der Waals surface area contributed by atoms with E-state index in [2.05, 4.69) is 27.3 Å². The lowest BCUT2D eigenvalue weighted by atomic mass is 10.0. The molecule has 1 N–H and O–H groups in total. The molecule has 1 unspecified atom stereocenters. The van der Waals surface area contributed by atoms with Gasteiger partial charge in [-0.2, -0.15) is 0 Å². The number of ether oxygens (including phenoxy) is 1. The van der Waals surface area contributed by atoms with Crippen molar-refractivity contribution in [2.75, 3.05) is 26.7 Å². The van der Waals surface area contributed by atoms with Crippen molar-refractivity contribution in [3.8, 4) is 11.4 Å². The zero-order chi connectivity index (χ0) is 20.8. The molecule has 3 aromatic rings. The Bertz CT molecular complexity index is 947. The summed E-state index contributed by atoms with van der Waals surface area (Å²) in [6, 6.07) is 18.1. The fraction of sp³-hybridized carbons (Fsp3) is 0.333. The van der Waals surface area contributed by atoms with Crippen LogP contribution in [0.25, 0.3) is 5.69 Å². The highest BCUT2D eigenvalue weighted by atomic mass is 16.5. The highest BCUT2D eigenvalue weighted by molar-refractivity contribution is 5.93. The Morgan fingerprint density at radius 1 is 1.07 bits per heavy atom. The van der Waals surface area contributed by atoms with Gasteiger partial charge in [0.05, 0.1) is 25.7 Å². The largest absolute Gasteiger partial charge is 0.497 e. The molecule has 1 fully saturated rings. The van der Waals surface area contributed by atoms with Gasteiger partial charge in [0.1, 0.15) is 11.4 Å². The lowest BCUT2D eigenvalue weighted by Gasteiger charge is -2.35. The Morgan fingerprint density at radius 3 is 2.50 bits per heavy atom. The molecule has 1 aliphatic heterocycles. The fourth-order valence-electron chi connectivity index (χ4n) is 4.05. The summed E-state index contributed by atoms with van der Waals surface area (Å²) >= 11 is 0. The van der Waals surface area contributed by atoms with Crippen LogP contribution < -0.4 is 10.1 Å².